The van der Waals surface area contributed by atoms with E-state index in [-0.39, 0.29) is 19.6 Å². The van der Waals surface area contributed by atoms with Gasteiger partial charge in [-0.05, 0) is 6.42 Å². The lowest BCUT2D eigenvalue weighted by atomic mass is 10.1. The summed E-state index contributed by atoms with van der Waals surface area (Å²) < 4.78 is 0. The van der Waals surface area contributed by atoms with Gasteiger partial charge in [0.25, 0.3) is 0 Å². The van der Waals surface area contributed by atoms with Crippen molar-refractivity contribution in [3.8, 4) is 0 Å². The summed E-state index contributed by atoms with van der Waals surface area (Å²) in [5.74, 6) is 0. The molecule has 0 rings (SSSR count). The van der Waals surface area contributed by atoms with Gasteiger partial charge in [-0.25, -0.2) is 0 Å². The molecule has 0 aliphatic heterocycles. The number of amides is 1. The Bertz CT molecular complexity index is 166. The van der Waals surface area contributed by atoms with Crippen molar-refractivity contribution in [1.29, 1.82) is 0 Å². The summed E-state index contributed by atoms with van der Waals surface area (Å²) >= 11 is 0. The molecule has 3 unspecified atom stereocenters. The van der Waals surface area contributed by atoms with Crippen molar-refractivity contribution in [1.82, 2.24) is 4.90 Å². The van der Waals surface area contributed by atoms with E-state index in [1.165, 1.54) is 7.05 Å². The van der Waals surface area contributed by atoms with Crippen LogP contribution < -0.4 is 0 Å². The van der Waals surface area contributed by atoms with Gasteiger partial charge >= 0.3 is 0 Å². The van der Waals surface area contributed by atoms with Gasteiger partial charge in [-0.2, -0.15) is 0 Å². The van der Waals surface area contributed by atoms with Crippen molar-refractivity contribution in [2.75, 3.05) is 20.2 Å². The molecule has 0 aliphatic rings. The number of likely N-dealkylation sites (N-methyl/N-ethyl adjacent to an activating group) is 1. The molecule has 0 saturated carbocycles. The first kappa shape index (κ1) is 13.3. The van der Waals surface area contributed by atoms with Gasteiger partial charge in [-0.3, -0.25) is 4.79 Å². The average molecular weight is 207 g/mol. The molecular weight excluding hydrogens is 190 g/mol. The van der Waals surface area contributed by atoms with Gasteiger partial charge in [0.15, 0.2) is 0 Å². The van der Waals surface area contributed by atoms with Crippen LogP contribution in [0.5, 0.6) is 0 Å². The van der Waals surface area contributed by atoms with Crippen LogP contribution in [0, 0.1) is 0 Å². The van der Waals surface area contributed by atoms with Crippen molar-refractivity contribution < 1.29 is 25.2 Å². The van der Waals surface area contributed by atoms with Gasteiger partial charge in [-0.1, -0.05) is 0 Å². The van der Waals surface area contributed by atoms with Crippen LogP contribution in [-0.2, 0) is 4.79 Å². The second kappa shape index (κ2) is 6.72. The molecule has 0 saturated heterocycles. The lowest BCUT2D eigenvalue weighted by molar-refractivity contribution is -0.121. The van der Waals surface area contributed by atoms with Crippen molar-refractivity contribution in [3.63, 3.8) is 0 Å². The Kier molecular flexibility index (Phi) is 6.39. The fourth-order valence-electron chi connectivity index (χ4n) is 1.01. The molecule has 0 aliphatic carbocycles. The van der Waals surface area contributed by atoms with Gasteiger partial charge in [0, 0.05) is 20.2 Å². The van der Waals surface area contributed by atoms with Crippen LogP contribution in [0.1, 0.15) is 6.42 Å². The highest BCUT2D eigenvalue weighted by Gasteiger charge is 2.24. The molecule has 0 bridgehead atoms. The third kappa shape index (κ3) is 4.52. The zero-order valence-electron chi connectivity index (χ0n) is 8.08. The molecule has 14 heavy (non-hydrogen) atoms. The van der Waals surface area contributed by atoms with Gasteiger partial charge < -0.3 is 25.3 Å². The minimum atomic E-state index is -1.36. The van der Waals surface area contributed by atoms with Crippen LogP contribution in [0.15, 0.2) is 0 Å². The van der Waals surface area contributed by atoms with E-state index in [0.717, 1.165) is 4.90 Å². The zero-order valence-corrected chi connectivity index (χ0v) is 8.08. The van der Waals surface area contributed by atoms with Crippen LogP contribution in [0.25, 0.3) is 0 Å². The van der Waals surface area contributed by atoms with E-state index in [9.17, 15) is 20.1 Å². The SMILES string of the molecule is CN(C=O)CC(O)C(O)C(O)CCO. The van der Waals surface area contributed by atoms with Crippen LogP contribution in [0.4, 0.5) is 0 Å². The van der Waals surface area contributed by atoms with Gasteiger partial charge in [0.05, 0.1) is 12.2 Å². The molecule has 3 atom stereocenters. The summed E-state index contributed by atoms with van der Waals surface area (Å²) in [4.78, 5) is 11.3. The van der Waals surface area contributed by atoms with Crippen LogP contribution in [0.3, 0.4) is 0 Å². The topological polar surface area (TPSA) is 101 Å². The summed E-state index contributed by atoms with van der Waals surface area (Å²) in [5.41, 5.74) is 0. The second-order valence-electron chi connectivity index (χ2n) is 3.18. The first-order chi connectivity index (χ1) is 6.52. The van der Waals surface area contributed by atoms with Crippen LogP contribution in [-0.4, -0.2) is 70.2 Å². The Balaban J connectivity index is 3.96. The predicted molar refractivity (Wildman–Crippen MR) is 48.4 cm³/mol. The van der Waals surface area contributed by atoms with Gasteiger partial charge in [0.2, 0.25) is 6.41 Å². The molecule has 0 aromatic heterocycles. The lowest BCUT2D eigenvalue weighted by Gasteiger charge is -2.24. The fraction of sp³-hybridized carbons (Fsp3) is 0.875. The molecule has 6 nitrogen and oxygen atoms in total. The predicted octanol–water partition coefficient (Wildman–Crippen LogP) is -2.46. The maximum Gasteiger partial charge on any atom is 0.209 e. The van der Waals surface area contributed by atoms with E-state index in [4.69, 9.17) is 5.11 Å². The number of nitrogens with zero attached hydrogens (tertiary/aromatic N) is 1. The van der Waals surface area contributed by atoms with Crippen molar-refractivity contribution in [3.05, 3.63) is 0 Å². The van der Waals surface area contributed by atoms with E-state index >= 15 is 0 Å². The number of hydrogen-bond acceptors (Lipinski definition) is 5. The molecule has 4 N–H and O–H groups in total. The molecule has 1 amide bonds. The molecule has 0 aromatic rings. The number of carbonyl (C=O) groups is 1. The lowest BCUT2D eigenvalue weighted by Crippen LogP contribution is -2.43. The summed E-state index contributed by atoms with van der Waals surface area (Å²) in [6.07, 6.45) is -3.26. The molecule has 6 heteroatoms. The maximum absolute atomic E-state index is 10.2. The zero-order chi connectivity index (χ0) is 11.1. The van der Waals surface area contributed by atoms with Crippen molar-refractivity contribution in [2.45, 2.75) is 24.7 Å². The third-order valence-electron chi connectivity index (χ3n) is 1.87. The molecule has 0 heterocycles. The largest absolute Gasteiger partial charge is 0.396 e. The monoisotopic (exact) mass is 207 g/mol. The third-order valence-corrected chi connectivity index (χ3v) is 1.87. The van der Waals surface area contributed by atoms with Crippen molar-refractivity contribution in [2.24, 2.45) is 0 Å². The fourth-order valence-corrected chi connectivity index (χ4v) is 1.01. The maximum atomic E-state index is 10.2. The highest BCUT2D eigenvalue weighted by Crippen LogP contribution is 2.04. The standard InChI is InChI=1S/C8H17NO5/c1-9(5-11)4-7(13)8(14)6(12)2-3-10/h5-8,10,12-14H,2-4H2,1H3. The Morgan fingerprint density at radius 3 is 2.29 bits per heavy atom. The minimum absolute atomic E-state index is 0.0109. The van der Waals surface area contributed by atoms with E-state index < -0.39 is 18.3 Å². The highest BCUT2D eigenvalue weighted by atomic mass is 16.4. The first-order valence-corrected chi connectivity index (χ1v) is 4.33. The van der Waals surface area contributed by atoms with Gasteiger partial charge in [0.1, 0.15) is 6.10 Å². The molecule has 84 valence electrons. The Morgan fingerprint density at radius 2 is 1.86 bits per heavy atom. The molecule has 0 fully saturated rings. The van der Waals surface area contributed by atoms with E-state index in [0.29, 0.717) is 6.41 Å². The van der Waals surface area contributed by atoms with Crippen LogP contribution >= 0.6 is 0 Å². The second-order valence-corrected chi connectivity index (χ2v) is 3.18. The number of carbonyl (C=O) groups excluding carboxylic acids is 1. The highest BCUT2D eigenvalue weighted by molar-refractivity contribution is 5.46. The van der Waals surface area contributed by atoms with Crippen molar-refractivity contribution >= 4 is 6.41 Å². The summed E-state index contributed by atoms with van der Waals surface area (Å²) in [6.45, 7) is -0.332. The van der Waals surface area contributed by atoms with Gasteiger partial charge in [-0.15, -0.1) is 0 Å². The molecular formula is C8H17NO5. The summed E-state index contributed by atoms with van der Waals surface area (Å²) in [6, 6.07) is 0. The Labute approximate surface area is 82.4 Å². The van der Waals surface area contributed by atoms with Crippen LogP contribution in [0.2, 0.25) is 0 Å². The smallest absolute Gasteiger partial charge is 0.209 e. The Hall–Kier alpha value is -0.690. The Morgan fingerprint density at radius 1 is 1.29 bits per heavy atom. The number of aliphatic hydroxyl groups excluding tert-OH is 4. The molecule has 0 spiro atoms. The quantitative estimate of drug-likeness (QED) is 0.347. The number of rotatable bonds is 7. The van der Waals surface area contributed by atoms with E-state index in [2.05, 4.69) is 0 Å². The normalized spacial score (nSPS) is 17.2. The average Bonchev–Trinajstić information content (AvgIpc) is 2.16. The number of aliphatic hydroxyl groups is 4. The van der Waals surface area contributed by atoms with E-state index in [1.54, 1.807) is 0 Å². The van der Waals surface area contributed by atoms with E-state index in [1.807, 2.05) is 0 Å². The summed E-state index contributed by atoms with van der Waals surface area (Å²) in [5, 5.41) is 36.3. The molecule has 0 aromatic carbocycles. The first-order valence-electron chi connectivity index (χ1n) is 4.33. The minimum Gasteiger partial charge on any atom is -0.396 e. The molecule has 0 radical (unpaired) electrons. The number of hydrogen-bond donors (Lipinski definition) is 4. The summed E-state index contributed by atoms with van der Waals surface area (Å²) in [7, 11) is 1.45.